The van der Waals surface area contributed by atoms with Gasteiger partial charge in [-0.1, -0.05) is 60.7 Å². The number of carbonyl (C=O) groups excluding carboxylic acids is 2. The Hall–Kier alpha value is -3.30. The maximum Gasteiger partial charge on any atom is 0.410 e. The molecule has 1 saturated carbocycles. The van der Waals surface area contributed by atoms with Crippen molar-refractivity contribution in [2.24, 2.45) is 0 Å². The van der Waals surface area contributed by atoms with Gasteiger partial charge in [0, 0.05) is 13.5 Å². The van der Waals surface area contributed by atoms with Gasteiger partial charge in [-0.3, -0.25) is 0 Å². The minimum Gasteiger partial charge on any atom is -0.445 e. The summed E-state index contributed by atoms with van der Waals surface area (Å²) in [6.45, 7) is 1.90. The fraction of sp³-hybridized carbons (Fsp3) is 0.533. The molecule has 1 aliphatic carbocycles. The van der Waals surface area contributed by atoms with E-state index < -0.39 is 66.4 Å². The van der Waals surface area contributed by atoms with E-state index in [0.29, 0.717) is 6.42 Å². The Balaban J connectivity index is 1.24. The molecule has 10 atom stereocenters. The first-order valence-corrected chi connectivity index (χ1v) is 14.2. The lowest BCUT2D eigenvalue weighted by Gasteiger charge is -2.58. The third kappa shape index (κ3) is 5.57. The van der Waals surface area contributed by atoms with Crippen molar-refractivity contribution in [2.75, 3.05) is 13.7 Å². The highest BCUT2D eigenvalue weighted by atomic mass is 16.8. The van der Waals surface area contributed by atoms with Gasteiger partial charge in [-0.25, -0.2) is 9.59 Å². The fourth-order valence-electron chi connectivity index (χ4n) is 6.20. The Labute approximate surface area is 248 Å². The van der Waals surface area contributed by atoms with E-state index in [2.05, 4.69) is 5.32 Å². The molecular weight excluding hydrogens is 564 g/mol. The number of aliphatic hydroxyl groups excluding tert-OH is 2. The van der Waals surface area contributed by atoms with Crippen LogP contribution < -0.4 is 5.32 Å². The minimum absolute atomic E-state index is 0.0367. The quantitative estimate of drug-likeness (QED) is 0.350. The van der Waals surface area contributed by atoms with Crippen molar-refractivity contribution < 1.29 is 53.3 Å². The van der Waals surface area contributed by atoms with Crippen molar-refractivity contribution in [2.45, 2.75) is 86.8 Å². The van der Waals surface area contributed by atoms with Gasteiger partial charge < -0.3 is 54.0 Å². The maximum absolute atomic E-state index is 13.1. The van der Waals surface area contributed by atoms with Gasteiger partial charge in [-0.15, -0.1) is 0 Å². The molecule has 3 aliphatic heterocycles. The summed E-state index contributed by atoms with van der Waals surface area (Å²) in [6.07, 6.45) is -8.74. The fourth-order valence-corrected chi connectivity index (χ4v) is 6.20. The summed E-state index contributed by atoms with van der Waals surface area (Å²) in [6, 6.07) is 15.4. The van der Waals surface area contributed by atoms with Gasteiger partial charge in [0.25, 0.3) is 5.79 Å². The number of hydrogen-bond donors (Lipinski definition) is 4. The smallest absolute Gasteiger partial charge is 0.410 e. The zero-order valence-corrected chi connectivity index (χ0v) is 23.8. The van der Waals surface area contributed by atoms with Crippen LogP contribution in [0.1, 0.15) is 24.5 Å². The summed E-state index contributed by atoms with van der Waals surface area (Å²) in [5.41, 5.74) is 0.381. The van der Waals surface area contributed by atoms with E-state index in [1.807, 2.05) is 12.1 Å². The standard InChI is InChI=1S/C30H36N2O11/c1-17-13-29(16-40-29)30(37)26(41-17)42-25-23(34)21(32(2)28(36)39-15-19-11-7-4-8-12-19)22(33)20(24(25)43-30)31-27(35)38-14-18-9-5-3-6-10-18/h3-12,17,20-26,33-34,37H,13-16H2,1-2H3,(H,31,35). The molecule has 3 saturated heterocycles. The molecular formula is C30H36N2O11. The van der Waals surface area contributed by atoms with Crippen LogP contribution in [0.4, 0.5) is 9.59 Å². The maximum atomic E-state index is 13.1. The second-order valence-electron chi connectivity index (χ2n) is 11.5. The molecule has 43 heavy (non-hydrogen) atoms. The first-order valence-electron chi connectivity index (χ1n) is 14.2. The molecule has 232 valence electrons. The lowest BCUT2D eigenvalue weighted by atomic mass is 9.78. The van der Waals surface area contributed by atoms with Gasteiger partial charge in [-0.2, -0.15) is 0 Å². The van der Waals surface area contributed by atoms with Crippen LogP contribution in [0.5, 0.6) is 0 Å². The Morgan fingerprint density at radius 3 is 2.16 bits per heavy atom. The van der Waals surface area contributed by atoms with Crippen LogP contribution in [0, 0.1) is 0 Å². The predicted molar refractivity (Wildman–Crippen MR) is 146 cm³/mol. The topological polar surface area (TPSA) is 169 Å². The van der Waals surface area contributed by atoms with E-state index in [1.165, 1.54) is 7.05 Å². The molecule has 1 spiro atoms. The predicted octanol–water partition coefficient (Wildman–Crippen LogP) is 1.03. The van der Waals surface area contributed by atoms with Crippen molar-refractivity contribution in [1.82, 2.24) is 10.2 Å². The van der Waals surface area contributed by atoms with Crippen molar-refractivity contribution >= 4 is 12.2 Å². The molecule has 4 N–H and O–H groups in total. The molecule has 13 nitrogen and oxygen atoms in total. The van der Waals surface area contributed by atoms with E-state index in [9.17, 15) is 24.9 Å². The number of rotatable bonds is 6. The first-order chi connectivity index (χ1) is 20.6. The number of likely N-dealkylation sites (N-methyl/N-ethyl adjacent to an activating group) is 1. The van der Waals surface area contributed by atoms with Crippen LogP contribution in [0.15, 0.2) is 60.7 Å². The Bertz CT molecular complexity index is 1300. The van der Waals surface area contributed by atoms with E-state index in [0.717, 1.165) is 16.0 Å². The summed E-state index contributed by atoms with van der Waals surface area (Å²) in [5, 5.41) is 37.4. The molecule has 3 heterocycles. The number of amides is 2. The number of ether oxygens (including phenoxy) is 6. The van der Waals surface area contributed by atoms with Gasteiger partial charge in [-0.05, 0) is 18.1 Å². The van der Waals surface area contributed by atoms with Gasteiger partial charge >= 0.3 is 12.2 Å². The Morgan fingerprint density at radius 1 is 0.953 bits per heavy atom. The number of fused-ring (bicyclic) bond motifs is 3. The van der Waals surface area contributed by atoms with Gasteiger partial charge in [0.2, 0.25) is 6.29 Å². The summed E-state index contributed by atoms with van der Waals surface area (Å²) in [4.78, 5) is 27.1. The van der Waals surface area contributed by atoms with Crippen molar-refractivity contribution in [3.63, 3.8) is 0 Å². The van der Waals surface area contributed by atoms with Crippen molar-refractivity contribution in [3.05, 3.63) is 71.8 Å². The normalized spacial score (nSPS) is 37.9. The van der Waals surface area contributed by atoms with Crippen LogP contribution in [0.2, 0.25) is 0 Å². The number of hydrogen-bond acceptors (Lipinski definition) is 11. The largest absolute Gasteiger partial charge is 0.445 e. The summed E-state index contributed by atoms with van der Waals surface area (Å²) < 4.78 is 34.6. The molecule has 10 unspecified atom stereocenters. The molecule has 13 heteroatoms. The van der Waals surface area contributed by atoms with E-state index in [4.69, 9.17) is 28.4 Å². The highest BCUT2D eigenvalue weighted by molar-refractivity contribution is 5.69. The van der Waals surface area contributed by atoms with Crippen LogP contribution in [-0.2, 0) is 41.6 Å². The highest BCUT2D eigenvalue weighted by Crippen LogP contribution is 2.53. The van der Waals surface area contributed by atoms with E-state index in [-0.39, 0.29) is 25.9 Å². The third-order valence-electron chi connectivity index (χ3n) is 8.55. The van der Waals surface area contributed by atoms with E-state index >= 15 is 0 Å². The van der Waals surface area contributed by atoms with Crippen LogP contribution >= 0.6 is 0 Å². The van der Waals surface area contributed by atoms with Crippen LogP contribution in [-0.4, -0.2) is 106 Å². The molecule has 0 aromatic heterocycles. The summed E-state index contributed by atoms with van der Waals surface area (Å²) in [7, 11) is 1.36. The molecule has 2 aromatic rings. The van der Waals surface area contributed by atoms with Crippen LogP contribution in [0.25, 0.3) is 0 Å². The lowest BCUT2D eigenvalue weighted by molar-refractivity contribution is -0.459. The number of nitrogens with zero attached hydrogens (tertiary/aromatic N) is 1. The Kier molecular flexibility index (Phi) is 8.07. The zero-order valence-electron chi connectivity index (χ0n) is 23.8. The number of benzene rings is 2. The second-order valence-corrected chi connectivity index (χ2v) is 11.5. The minimum atomic E-state index is -2.08. The molecule has 2 amide bonds. The number of aliphatic hydroxyl groups is 3. The molecule has 6 rings (SSSR count). The molecule has 2 aromatic carbocycles. The van der Waals surface area contributed by atoms with Crippen molar-refractivity contribution in [1.29, 1.82) is 0 Å². The summed E-state index contributed by atoms with van der Waals surface area (Å²) in [5.74, 6) is -2.08. The number of epoxide rings is 1. The second kappa shape index (κ2) is 11.7. The van der Waals surface area contributed by atoms with Gasteiger partial charge in [0.15, 0.2) is 5.60 Å². The van der Waals surface area contributed by atoms with Crippen molar-refractivity contribution in [3.8, 4) is 0 Å². The van der Waals surface area contributed by atoms with Crippen LogP contribution in [0.3, 0.4) is 0 Å². The monoisotopic (exact) mass is 600 g/mol. The third-order valence-corrected chi connectivity index (χ3v) is 8.55. The van der Waals surface area contributed by atoms with Gasteiger partial charge in [0.05, 0.1) is 24.8 Å². The highest BCUT2D eigenvalue weighted by Gasteiger charge is 2.74. The zero-order chi connectivity index (χ0) is 30.4. The average Bonchev–Trinajstić information content (AvgIpc) is 3.78. The summed E-state index contributed by atoms with van der Waals surface area (Å²) >= 11 is 0. The Morgan fingerprint density at radius 2 is 1.56 bits per heavy atom. The SMILES string of the molecule is CC1CC2(CO2)C2(O)OC3C(NC(=O)OCc4ccccc4)C(O)C(N(C)C(=O)OCc4ccccc4)C(O)C3OC2O1. The lowest BCUT2D eigenvalue weighted by Crippen LogP contribution is -2.79. The van der Waals surface area contributed by atoms with Gasteiger partial charge in [0.1, 0.15) is 37.6 Å². The number of carbonyl (C=O) groups is 2. The first kappa shape index (κ1) is 29.8. The van der Waals surface area contributed by atoms with E-state index in [1.54, 1.807) is 55.5 Å². The molecule has 0 radical (unpaired) electrons. The molecule has 4 fully saturated rings. The number of alkyl carbamates (subject to hydrolysis) is 1. The molecule has 4 aliphatic rings. The average molecular weight is 601 g/mol. The molecule has 0 bridgehead atoms. The number of nitrogens with one attached hydrogen (secondary N) is 1.